The molecule has 2 rings (SSSR count). The van der Waals surface area contributed by atoms with E-state index >= 15 is 0 Å². The molecule has 1 aromatic carbocycles. The molecule has 0 saturated heterocycles. The van der Waals surface area contributed by atoms with Crippen molar-refractivity contribution in [2.45, 2.75) is 46.7 Å². The Labute approximate surface area is 103 Å². The van der Waals surface area contributed by atoms with Gasteiger partial charge in [0.05, 0.1) is 17.1 Å². The molecule has 1 unspecified atom stereocenters. The predicted molar refractivity (Wildman–Crippen MR) is 72.1 cm³/mol. The molecule has 1 aromatic heterocycles. The van der Waals surface area contributed by atoms with Gasteiger partial charge in [0.2, 0.25) is 0 Å². The van der Waals surface area contributed by atoms with Crippen LogP contribution in [0.2, 0.25) is 0 Å². The van der Waals surface area contributed by atoms with Gasteiger partial charge in [-0.3, -0.25) is 0 Å². The van der Waals surface area contributed by atoms with Gasteiger partial charge in [0.25, 0.3) is 0 Å². The third kappa shape index (κ3) is 2.07. The molecule has 0 radical (unpaired) electrons. The van der Waals surface area contributed by atoms with Crippen molar-refractivity contribution < 1.29 is 0 Å². The highest BCUT2D eigenvalue weighted by Crippen LogP contribution is 2.23. The smallest absolute Gasteiger partial charge is 0.126 e. The molecule has 17 heavy (non-hydrogen) atoms. The Hall–Kier alpha value is -1.35. The second-order valence-electron chi connectivity index (χ2n) is 4.84. The maximum absolute atomic E-state index is 6.00. The van der Waals surface area contributed by atoms with Crippen LogP contribution in [0.1, 0.15) is 43.3 Å². The van der Waals surface area contributed by atoms with Gasteiger partial charge in [-0.25, -0.2) is 4.98 Å². The number of imidazole rings is 1. The van der Waals surface area contributed by atoms with Gasteiger partial charge in [-0.05, 0) is 50.5 Å². The van der Waals surface area contributed by atoms with Crippen LogP contribution in [0.5, 0.6) is 0 Å². The standard InChI is InChI=1S/C14H21N3/c1-5-6-17-13-8-10(3)9(2)7-12(13)16-14(17)11(4)15/h7-8,11H,5-6,15H2,1-4H3. The summed E-state index contributed by atoms with van der Waals surface area (Å²) in [6.45, 7) is 9.42. The number of aryl methyl sites for hydroxylation is 3. The first-order chi connectivity index (χ1) is 8.04. The first-order valence-corrected chi connectivity index (χ1v) is 6.27. The van der Waals surface area contributed by atoms with E-state index in [0.29, 0.717) is 0 Å². The van der Waals surface area contributed by atoms with E-state index in [1.807, 2.05) is 6.92 Å². The summed E-state index contributed by atoms with van der Waals surface area (Å²) in [6, 6.07) is 4.36. The number of benzene rings is 1. The Balaban J connectivity index is 2.71. The molecular formula is C14H21N3. The summed E-state index contributed by atoms with van der Waals surface area (Å²) in [4.78, 5) is 4.67. The molecule has 3 heteroatoms. The van der Waals surface area contributed by atoms with E-state index in [4.69, 9.17) is 5.73 Å². The highest BCUT2D eigenvalue weighted by molar-refractivity contribution is 5.78. The molecule has 3 nitrogen and oxygen atoms in total. The molecule has 0 aliphatic rings. The highest BCUT2D eigenvalue weighted by atomic mass is 15.1. The van der Waals surface area contributed by atoms with Crippen molar-refractivity contribution in [3.05, 3.63) is 29.1 Å². The van der Waals surface area contributed by atoms with Crippen LogP contribution in [0.3, 0.4) is 0 Å². The lowest BCUT2D eigenvalue weighted by molar-refractivity contribution is 0.613. The Morgan fingerprint density at radius 2 is 1.94 bits per heavy atom. The normalized spacial score (nSPS) is 13.2. The number of fused-ring (bicyclic) bond motifs is 1. The summed E-state index contributed by atoms with van der Waals surface area (Å²) >= 11 is 0. The van der Waals surface area contributed by atoms with Crippen molar-refractivity contribution in [3.63, 3.8) is 0 Å². The van der Waals surface area contributed by atoms with E-state index in [-0.39, 0.29) is 6.04 Å². The number of hydrogen-bond donors (Lipinski definition) is 1. The van der Waals surface area contributed by atoms with Gasteiger partial charge in [0, 0.05) is 6.54 Å². The molecule has 1 atom stereocenters. The zero-order valence-corrected chi connectivity index (χ0v) is 11.1. The van der Waals surface area contributed by atoms with Gasteiger partial charge in [-0.2, -0.15) is 0 Å². The summed E-state index contributed by atoms with van der Waals surface area (Å²) in [5.41, 5.74) is 10.9. The Bertz CT molecular complexity index is 538. The van der Waals surface area contributed by atoms with Crippen LogP contribution in [0.4, 0.5) is 0 Å². The Kier molecular flexibility index (Phi) is 3.20. The number of nitrogens with zero attached hydrogens (tertiary/aromatic N) is 2. The topological polar surface area (TPSA) is 43.8 Å². The number of hydrogen-bond acceptors (Lipinski definition) is 2. The average molecular weight is 231 g/mol. The summed E-state index contributed by atoms with van der Waals surface area (Å²) in [6.07, 6.45) is 1.10. The zero-order valence-electron chi connectivity index (χ0n) is 11.1. The Morgan fingerprint density at radius 3 is 2.53 bits per heavy atom. The third-order valence-electron chi connectivity index (χ3n) is 3.25. The number of nitrogens with two attached hydrogens (primary N) is 1. The molecule has 0 amide bonds. The largest absolute Gasteiger partial charge is 0.327 e. The van der Waals surface area contributed by atoms with Crippen LogP contribution in [-0.2, 0) is 6.54 Å². The van der Waals surface area contributed by atoms with Crippen LogP contribution < -0.4 is 5.73 Å². The summed E-state index contributed by atoms with van der Waals surface area (Å²) in [5.74, 6) is 0.992. The monoisotopic (exact) mass is 231 g/mol. The fraction of sp³-hybridized carbons (Fsp3) is 0.500. The highest BCUT2D eigenvalue weighted by Gasteiger charge is 2.13. The van der Waals surface area contributed by atoms with Crippen LogP contribution in [0.25, 0.3) is 11.0 Å². The lowest BCUT2D eigenvalue weighted by Gasteiger charge is -2.10. The molecule has 0 aliphatic carbocycles. The van der Waals surface area contributed by atoms with Crippen molar-refractivity contribution in [3.8, 4) is 0 Å². The van der Waals surface area contributed by atoms with Crippen molar-refractivity contribution in [2.75, 3.05) is 0 Å². The summed E-state index contributed by atoms with van der Waals surface area (Å²) in [5, 5.41) is 0. The van der Waals surface area contributed by atoms with Crippen LogP contribution in [-0.4, -0.2) is 9.55 Å². The van der Waals surface area contributed by atoms with Gasteiger partial charge < -0.3 is 10.3 Å². The minimum Gasteiger partial charge on any atom is -0.327 e. The number of aromatic nitrogens is 2. The van der Waals surface area contributed by atoms with Crippen LogP contribution >= 0.6 is 0 Å². The minimum atomic E-state index is -0.0189. The van der Waals surface area contributed by atoms with Crippen LogP contribution in [0, 0.1) is 13.8 Å². The molecule has 2 aromatic rings. The fourth-order valence-corrected chi connectivity index (χ4v) is 2.20. The average Bonchev–Trinajstić information content (AvgIpc) is 2.59. The fourth-order valence-electron chi connectivity index (χ4n) is 2.20. The maximum atomic E-state index is 6.00. The summed E-state index contributed by atoms with van der Waals surface area (Å²) < 4.78 is 2.26. The molecule has 0 bridgehead atoms. The predicted octanol–water partition coefficient (Wildman–Crippen LogP) is 3.08. The zero-order chi connectivity index (χ0) is 12.6. The van der Waals surface area contributed by atoms with E-state index in [1.165, 1.54) is 16.6 Å². The lowest BCUT2D eigenvalue weighted by atomic mass is 10.1. The molecule has 0 aliphatic heterocycles. The SMILES string of the molecule is CCCn1c(C(C)N)nc2cc(C)c(C)cc21. The van der Waals surface area contributed by atoms with E-state index in [0.717, 1.165) is 24.3 Å². The van der Waals surface area contributed by atoms with Crippen molar-refractivity contribution in [1.29, 1.82) is 0 Å². The summed E-state index contributed by atoms with van der Waals surface area (Å²) in [7, 11) is 0. The van der Waals surface area contributed by atoms with Gasteiger partial charge in [0.1, 0.15) is 5.82 Å². The van der Waals surface area contributed by atoms with E-state index in [1.54, 1.807) is 0 Å². The van der Waals surface area contributed by atoms with Crippen molar-refractivity contribution in [2.24, 2.45) is 5.73 Å². The van der Waals surface area contributed by atoms with Gasteiger partial charge in [-0.1, -0.05) is 6.92 Å². The van der Waals surface area contributed by atoms with Gasteiger partial charge in [-0.15, -0.1) is 0 Å². The molecule has 0 spiro atoms. The first kappa shape index (κ1) is 12.1. The first-order valence-electron chi connectivity index (χ1n) is 6.27. The number of rotatable bonds is 3. The second-order valence-corrected chi connectivity index (χ2v) is 4.84. The third-order valence-corrected chi connectivity index (χ3v) is 3.25. The maximum Gasteiger partial charge on any atom is 0.126 e. The quantitative estimate of drug-likeness (QED) is 0.882. The van der Waals surface area contributed by atoms with Gasteiger partial charge in [0.15, 0.2) is 0 Å². The van der Waals surface area contributed by atoms with Crippen LogP contribution in [0.15, 0.2) is 12.1 Å². The van der Waals surface area contributed by atoms with Crippen molar-refractivity contribution in [1.82, 2.24) is 9.55 Å². The molecule has 0 fully saturated rings. The molecule has 2 N–H and O–H groups in total. The molecular weight excluding hydrogens is 210 g/mol. The second kappa shape index (κ2) is 4.49. The lowest BCUT2D eigenvalue weighted by Crippen LogP contribution is -2.13. The molecule has 1 heterocycles. The molecule has 0 saturated carbocycles. The van der Waals surface area contributed by atoms with E-state index in [9.17, 15) is 0 Å². The minimum absolute atomic E-state index is 0.0189. The molecule has 92 valence electrons. The van der Waals surface area contributed by atoms with Crippen molar-refractivity contribution >= 4 is 11.0 Å². The Morgan fingerprint density at radius 1 is 1.29 bits per heavy atom. The van der Waals surface area contributed by atoms with E-state index < -0.39 is 0 Å². The van der Waals surface area contributed by atoms with Gasteiger partial charge >= 0.3 is 0 Å². The van der Waals surface area contributed by atoms with E-state index in [2.05, 4.69) is 42.5 Å².